The first-order valence-electron chi connectivity index (χ1n) is 3.76. The molecular formula is C8H15NO2. The van der Waals surface area contributed by atoms with Crippen LogP contribution in [0.2, 0.25) is 0 Å². The molecule has 1 saturated carbocycles. The minimum absolute atomic E-state index is 0.111. The van der Waals surface area contributed by atoms with Crippen LogP contribution >= 0.6 is 0 Å². The van der Waals surface area contributed by atoms with Crippen LogP contribution in [0.3, 0.4) is 0 Å². The zero-order valence-electron chi connectivity index (χ0n) is 7.47. The van der Waals surface area contributed by atoms with Crippen LogP contribution in [0.25, 0.3) is 0 Å². The van der Waals surface area contributed by atoms with E-state index < -0.39 is 5.54 Å². The molecule has 0 aromatic heterocycles. The van der Waals surface area contributed by atoms with Crippen LogP contribution in [0.1, 0.15) is 20.8 Å². The van der Waals surface area contributed by atoms with Gasteiger partial charge in [-0.05, 0) is 11.3 Å². The minimum Gasteiger partial charge on any atom is -0.468 e. The predicted molar refractivity (Wildman–Crippen MR) is 41.9 cm³/mol. The molecule has 1 fully saturated rings. The van der Waals surface area contributed by atoms with Crippen LogP contribution in [0.4, 0.5) is 0 Å². The van der Waals surface area contributed by atoms with Crippen molar-refractivity contribution in [3.63, 3.8) is 0 Å². The van der Waals surface area contributed by atoms with Gasteiger partial charge in [-0.2, -0.15) is 0 Å². The van der Waals surface area contributed by atoms with Crippen molar-refractivity contribution < 1.29 is 9.53 Å². The highest BCUT2D eigenvalue weighted by Crippen LogP contribution is 2.59. The molecule has 0 aromatic carbocycles. The highest BCUT2D eigenvalue weighted by molar-refractivity contribution is 5.86. The van der Waals surface area contributed by atoms with Crippen LogP contribution in [-0.2, 0) is 9.53 Å². The van der Waals surface area contributed by atoms with Crippen molar-refractivity contribution in [2.45, 2.75) is 26.3 Å². The highest BCUT2D eigenvalue weighted by atomic mass is 16.5. The van der Waals surface area contributed by atoms with E-state index in [4.69, 9.17) is 5.73 Å². The normalized spacial score (nSPS) is 39.9. The Kier molecular flexibility index (Phi) is 1.53. The van der Waals surface area contributed by atoms with Gasteiger partial charge in [0.1, 0.15) is 5.54 Å². The average Bonchev–Trinajstić information content (AvgIpc) is 2.34. The van der Waals surface area contributed by atoms with Crippen LogP contribution in [0.5, 0.6) is 0 Å². The van der Waals surface area contributed by atoms with Crippen molar-refractivity contribution in [3.8, 4) is 0 Å². The number of carbonyl (C=O) groups excluding carboxylic acids is 1. The first-order chi connectivity index (χ1) is 4.89. The number of rotatable bonds is 1. The molecule has 0 radical (unpaired) electrons. The van der Waals surface area contributed by atoms with E-state index in [1.165, 1.54) is 7.11 Å². The monoisotopic (exact) mass is 157 g/mol. The Morgan fingerprint density at radius 1 is 1.55 bits per heavy atom. The third kappa shape index (κ3) is 0.745. The van der Waals surface area contributed by atoms with Gasteiger partial charge >= 0.3 is 5.97 Å². The lowest BCUT2D eigenvalue weighted by atomic mass is 10.1. The number of methoxy groups -OCH3 is 1. The van der Waals surface area contributed by atoms with E-state index in [0.717, 1.165) is 0 Å². The summed E-state index contributed by atoms with van der Waals surface area (Å²) in [7, 11) is 1.37. The van der Waals surface area contributed by atoms with Gasteiger partial charge in [0.2, 0.25) is 0 Å². The fourth-order valence-corrected chi connectivity index (χ4v) is 1.67. The first-order valence-corrected chi connectivity index (χ1v) is 3.76. The molecule has 0 aromatic rings. The highest BCUT2D eigenvalue weighted by Gasteiger charge is 2.71. The van der Waals surface area contributed by atoms with E-state index >= 15 is 0 Å². The fourth-order valence-electron chi connectivity index (χ4n) is 1.67. The Morgan fingerprint density at radius 3 is 2.00 bits per heavy atom. The molecule has 2 atom stereocenters. The molecule has 1 aliphatic carbocycles. The molecule has 1 aliphatic rings. The van der Waals surface area contributed by atoms with Crippen molar-refractivity contribution in [1.29, 1.82) is 0 Å². The van der Waals surface area contributed by atoms with Crippen molar-refractivity contribution in [2.24, 2.45) is 17.1 Å². The lowest BCUT2D eigenvalue weighted by Gasteiger charge is -2.10. The molecule has 0 saturated heterocycles. The van der Waals surface area contributed by atoms with Gasteiger partial charge in [-0.15, -0.1) is 0 Å². The molecule has 3 heteroatoms. The quantitative estimate of drug-likeness (QED) is 0.565. The second kappa shape index (κ2) is 1.97. The van der Waals surface area contributed by atoms with Crippen LogP contribution in [0, 0.1) is 11.3 Å². The molecule has 11 heavy (non-hydrogen) atoms. The van der Waals surface area contributed by atoms with E-state index in [9.17, 15) is 4.79 Å². The van der Waals surface area contributed by atoms with Crippen LogP contribution < -0.4 is 5.73 Å². The predicted octanol–water partition coefficient (Wildman–Crippen LogP) is 0.533. The molecule has 3 nitrogen and oxygen atoms in total. The second-order valence-corrected chi connectivity index (χ2v) is 3.80. The summed E-state index contributed by atoms with van der Waals surface area (Å²) in [4.78, 5) is 11.2. The van der Waals surface area contributed by atoms with Crippen molar-refractivity contribution >= 4 is 5.97 Å². The Hall–Kier alpha value is -0.570. The van der Waals surface area contributed by atoms with Crippen molar-refractivity contribution in [3.05, 3.63) is 0 Å². The van der Waals surface area contributed by atoms with E-state index in [1.807, 2.05) is 20.8 Å². The minimum atomic E-state index is -0.748. The van der Waals surface area contributed by atoms with Gasteiger partial charge < -0.3 is 10.5 Å². The van der Waals surface area contributed by atoms with E-state index in [0.29, 0.717) is 0 Å². The molecule has 0 heterocycles. The molecule has 1 rings (SSSR count). The standard InChI is InChI=1S/C8H15NO2/c1-5-7(2,3)8(5,9)6(10)11-4/h5H,9H2,1-4H3/t5-,8-/m1/s1. The van der Waals surface area contributed by atoms with E-state index in [2.05, 4.69) is 4.74 Å². The lowest BCUT2D eigenvalue weighted by Crippen LogP contribution is -2.39. The summed E-state index contributed by atoms with van der Waals surface area (Å²) in [6.07, 6.45) is 0. The van der Waals surface area contributed by atoms with Gasteiger partial charge in [-0.1, -0.05) is 20.8 Å². The summed E-state index contributed by atoms with van der Waals surface area (Å²) in [6, 6.07) is 0. The summed E-state index contributed by atoms with van der Waals surface area (Å²) in [5.74, 6) is -0.0857. The SMILES string of the molecule is COC(=O)[C@]1(N)[C@H](C)C1(C)C. The number of nitrogens with two attached hydrogens (primary N) is 1. The average molecular weight is 157 g/mol. The maximum Gasteiger partial charge on any atom is 0.326 e. The number of ether oxygens (including phenoxy) is 1. The van der Waals surface area contributed by atoms with Gasteiger partial charge in [0, 0.05) is 0 Å². The Morgan fingerprint density at radius 2 is 1.91 bits per heavy atom. The molecule has 0 unspecified atom stereocenters. The summed E-state index contributed by atoms with van der Waals surface area (Å²) < 4.78 is 4.62. The molecular weight excluding hydrogens is 142 g/mol. The number of hydrogen-bond donors (Lipinski definition) is 1. The summed E-state index contributed by atoms with van der Waals surface area (Å²) >= 11 is 0. The van der Waals surface area contributed by atoms with Gasteiger partial charge in [-0.25, -0.2) is 0 Å². The fraction of sp³-hybridized carbons (Fsp3) is 0.875. The Bertz CT molecular complexity index is 200. The van der Waals surface area contributed by atoms with Crippen LogP contribution in [-0.4, -0.2) is 18.6 Å². The number of hydrogen-bond acceptors (Lipinski definition) is 3. The number of carbonyl (C=O) groups is 1. The summed E-state index contributed by atoms with van der Waals surface area (Å²) in [6.45, 7) is 5.93. The molecule has 0 bridgehead atoms. The van der Waals surface area contributed by atoms with E-state index in [-0.39, 0.29) is 17.3 Å². The Labute approximate surface area is 66.9 Å². The third-order valence-electron chi connectivity index (χ3n) is 3.27. The topological polar surface area (TPSA) is 52.3 Å². The molecule has 64 valence electrons. The first kappa shape index (κ1) is 8.53. The second-order valence-electron chi connectivity index (χ2n) is 3.80. The zero-order chi connectivity index (χ0) is 8.86. The van der Waals surface area contributed by atoms with Crippen LogP contribution in [0.15, 0.2) is 0 Å². The van der Waals surface area contributed by atoms with E-state index in [1.54, 1.807) is 0 Å². The third-order valence-corrected chi connectivity index (χ3v) is 3.27. The number of esters is 1. The van der Waals surface area contributed by atoms with Crippen molar-refractivity contribution in [1.82, 2.24) is 0 Å². The maximum absolute atomic E-state index is 11.2. The van der Waals surface area contributed by atoms with Gasteiger partial charge in [0.15, 0.2) is 0 Å². The molecule has 0 aliphatic heterocycles. The lowest BCUT2D eigenvalue weighted by molar-refractivity contribution is -0.144. The molecule has 2 N–H and O–H groups in total. The van der Waals surface area contributed by atoms with Gasteiger partial charge in [0.05, 0.1) is 7.11 Å². The van der Waals surface area contributed by atoms with Gasteiger partial charge in [0.25, 0.3) is 0 Å². The molecule has 0 amide bonds. The summed E-state index contributed by atoms with van der Waals surface area (Å²) in [5.41, 5.74) is 4.99. The van der Waals surface area contributed by atoms with Crippen molar-refractivity contribution in [2.75, 3.05) is 7.11 Å². The molecule has 0 spiro atoms. The zero-order valence-corrected chi connectivity index (χ0v) is 7.47. The summed E-state index contributed by atoms with van der Waals surface area (Å²) in [5, 5.41) is 0. The van der Waals surface area contributed by atoms with Gasteiger partial charge in [-0.3, -0.25) is 4.79 Å². The largest absolute Gasteiger partial charge is 0.468 e. The maximum atomic E-state index is 11.2. The smallest absolute Gasteiger partial charge is 0.326 e. The Balaban J connectivity index is 2.82.